The van der Waals surface area contributed by atoms with Crippen molar-refractivity contribution in [3.05, 3.63) is 33.8 Å². The number of benzene rings is 1. The molecular weight excluding hydrogens is 640 g/mol. The molecule has 0 heterocycles. The molecule has 0 aromatic heterocycles. The van der Waals surface area contributed by atoms with Gasteiger partial charge in [-0.15, -0.1) is 0 Å². The number of alkyl carbamates (subject to hydrolysis) is 1. The minimum absolute atomic E-state index is 0.103. The molecular formula is C22H35BCl2N4O11P2+. The van der Waals surface area contributed by atoms with Crippen LogP contribution in [0.2, 0.25) is 10.0 Å². The molecule has 3 amide bonds. The molecule has 20 heteroatoms. The van der Waals surface area contributed by atoms with Crippen molar-refractivity contribution in [1.82, 2.24) is 20.9 Å². The Labute approximate surface area is 254 Å². The van der Waals surface area contributed by atoms with Gasteiger partial charge in [-0.25, -0.2) is 4.79 Å². The fourth-order valence-electron chi connectivity index (χ4n) is 3.37. The topological polar surface area (TPSA) is 224 Å². The van der Waals surface area contributed by atoms with Crippen molar-refractivity contribution >= 4 is 64.2 Å². The van der Waals surface area contributed by atoms with E-state index in [-0.39, 0.29) is 62.5 Å². The van der Waals surface area contributed by atoms with Gasteiger partial charge in [0.25, 0.3) is 5.91 Å². The maximum atomic E-state index is 12.5. The van der Waals surface area contributed by atoms with E-state index in [4.69, 9.17) is 47.3 Å². The van der Waals surface area contributed by atoms with Gasteiger partial charge in [-0.1, -0.05) is 37.0 Å². The zero-order valence-corrected chi connectivity index (χ0v) is 26.2. The van der Waals surface area contributed by atoms with Gasteiger partial charge in [0.1, 0.15) is 6.61 Å². The first-order valence-corrected chi connectivity index (χ1v) is 16.3. The lowest BCUT2D eigenvalue weighted by Crippen LogP contribution is -2.46. The van der Waals surface area contributed by atoms with Crippen LogP contribution in [0.3, 0.4) is 0 Å². The molecule has 2 unspecified atom stereocenters. The second-order valence-electron chi connectivity index (χ2n) is 9.23. The molecule has 0 aliphatic carbocycles. The smallest absolute Gasteiger partial charge is 0.448 e. The molecule has 1 rings (SSSR count). The molecule has 0 saturated carbocycles. The standard InChI is InChI=1S/C22H34BCl2N4O11P2/c1-14(2)11-18(27-19(31)13-26-20(32)16-12-15(24)3-4-17(16)25)23-40-10-7-29(5-8-30)6-9-39-21(33)28-22(41(34)35)42(36,37)38/h3-4,12,14,18,22,30H,5-11,13H2,1-2H3,(H5-,26,27,28,31,32,33,34,35,36,37,38)/p+1/t18-,22?/m1/s1. The first-order chi connectivity index (χ1) is 19.6. The molecule has 0 aliphatic heterocycles. The lowest BCUT2D eigenvalue weighted by atomic mass is 9.81. The van der Waals surface area contributed by atoms with Crippen LogP contribution in [0.5, 0.6) is 0 Å². The van der Waals surface area contributed by atoms with Gasteiger partial charge >= 0.3 is 34.7 Å². The summed E-state index contributed by atoms with van der Waals surface area (Å²) >= 11 is 11.9. The monoisotopic (exact) mass is 674 g/mol. The molecule has 0 bridgehead atoms. The summed E-state index contributed by atoms with van der Waals surface area (Å²) in [6, 6.07) is 4.40. The summed E-state index contributed by atoms with van der Waals surface area (Å²) in [4.78, 5) is 65.3. The van der Waals surface area contributed by atoms with Crippen LogP contribution >= 0.6 is 38.8 Å². The molecule has 0 saturated heterocycles. The largest absolute Gasteiger partial charge is 0.544 e. The Morgan fingerprint density at radius 2 is 1.79 bits per heavy atom. The van der Waals surface area contributed by atoms with Gasteiger partial charge in [0.05, 0.1) is 23.7 Å². The van der Waals surface area contributed by atoms with Crippen molar-refractivity contribution in [3.63, 3.8) is 0 Å². The Morgan fingerprint density at radius 3 is 2.38 bits per heavy atom. The summed E-state index contributed by atoms with van der Waals surface area (Å²) in [5.74, 6) is -1.31. The van der Waals surface area contributed by atoms with E-state index in [0.29, 0.717) is 11.4 Å². The van der Waals surface area contributed by atoms with Crippen LogP contribution in [-0.4, -0.2) is 108 Å². The Balaban J connectivity index is 2.50. The van der Waals surface area contributed by atoms with E-state index in [1.54, 1.807) is 10.2 Å². The minimum Gasteiger partial charge on any atom is -0.448 e. The van der Waals surface area contributed by atoms with Crippen LogP contribution in [0.25, 0.3) is 0 Å². The third kappa shape index (κ3) is 15.6. The SMILES string of the molecule is CC(C)C[C@H]([B]OCCN(CCO)CCOC(=O)NC([P+](=O)O)P(=O)(O)O)NC(=O)CNC(=O)c1cc(Cl)ccc1Cl. The van der Waals surface area contributed by atoms with Crippen molar-refractivity contribution in [3.8, 4) is 0 Å². The summed E-state index contributed by atoms with van der Waals surface area (Å²) in [5, 5.41) is 16.7. The van der Waals surface area contributed by atoms with E-state index in [0.717, 1.165) is 0 Å². The van der Waals surface area contributed by atoms with Crippen LogP contribution in [-0.2, 0) is 23.3 Å². The lowest BCUT2D eigenvalue weighted by molar-refractivity contribution is -0.120. The molecule has 42 heavy (non-hydrogen) atoms. The number of rotatable bonds is 19. The summed E-state index contributed by atoms with van der Waals surface area (Å²) < 4.78 is 32.7. The molecule has 1 aromatic carbocycles. The number of aliphatic hydroxyl groups is 1. The number of halogens is 2. The van der Waals surface area contributed by atoms with Crippen LogP contribution < -0.4 is 16.0 Å². The summed E-state index contributed by atoms with van der Waals surface area (Å²) in [6.07, 6.45) is -0.758. The Morgan fingerprint density at radius 1 is 1.12 bits per heavy atom. The van der Waals surface area contributed by atoms with Crippen LogP contribution in [0, 0.1) is 5.92 Å². The fourth-order valence-corrected chi connectivity index (χ4v) is 5.26. The Hall–Kier alpha value is -1.84. The van der Waals surface area contributed by atoms with Gasteiger partial charge in [-0.2, -0.15) is 4.89 Å². The molecule has 1 aromatic rings. The zero-order valence-electron chi connectivity index (χ0n) is 22.9. The molecule has 0 aliphatic rings. The highest BCUT2D eigenvalue weighted by molar-refractivity contribution is 7.65. The molecule has 0 spiro atoms. The second-order valence-corrected chi connectivity index (χ2v) is 13.3. The van der Waals surface area contributed by atoms with E-state index in [1.807, 2.05) is 13.8 Å². The predicted octanol–water partition coefficient (Wildman–Crippen LogP) is 1.06. The van der Waals surface area contributed by atoms with Crippen molar-refractivity contribution < 1.29 is 52.7 Å². The van der Waals surface area contributed by atoms with Gasteiger partial charge in [0.2, 0.25) is 5.91 Å². The molecule has 15 nitrogen and oxygen atoms in total. The number of ether oxygens (including phenoxy) is 1. The van der Waals surface area contributed by atoms with Gasteiger partial charge < -0.3 is 34.9 Å². The number of hydrogen-bond acceptors (Lipinski definition) is 9. The normalized spacial score (nSPS) is 13.3. The summed E-state index contributed by atoms with van der Waals surface area (Å²) in [5.41, 5.74) is -2.16. The summed E-state index contributed by atoms with van der Waals surface area (Å²) in [7, 11) is -7.03. The number of aliphatic hydroxyl groups excluding tert-OH is 1. The third-order valence-corrected chi connectivity index (χ3v) is 8.65. The minimum atomic E-state index is -5.08. The summed E-state index contributed by atoms with van der Waals surface area (Å²) in [6.45, 7) is 3.80. The molecule has 0 fully saturated rings. The molecule has 7 N–H and O–H groups in total. The lowest BCUT2D eigenvalue weighted by Gasteiger charge is -2.23. The highest BCUT2D eigenvalue weighted by Crippen LogP contribution is 2.49. The quantitative estimate of drug-likeness (QED) is 0.0622. The maximum Gasteiger partial charge on any atom is 0.544 e. The van der Waals surface area contributed by atoms with Gasteiger partial charge in [-0.3, -0.25) is 24.4 Å². The third-order valence-electron chi connectivity index (χ3n) is 5.27. The first-order valence-electron chi connectivity index (χ1n) is 12.6. The average Bonchev–Trinajstić information content (AvgIpc) is 2.88. The number of nitrogens with zero attached hydrogens (tertiary/aromatic N) is 1. The number of amides is 3. The van der Waals surface area contributed by atoms with E-state index in [9.17, 15) is 28.6 Å². The predicted molar refractivity (Wildman–Crippen MR) is 156 cm³/mol. The zero-order chi connectivity index (χ0) is 31.9. The molecule has 1 radical (unpaired) electrons. The van der Waals surface area contributed by atoms with Crippen LogP contribution in [0.1, 0.15) is 30.6 Å². The highest BCUT2D eigenvalue weighted by Gasteiger charge is 2.47. The maximum absolute atomic E-state index is 12.5. The van der Waals surface area contributed by atoms with E-state index in [1.165, 1.54) is 25.7 Å². The second kappa shape index (κ2) is 19.4. The highest BCUT2D eigenvalue weighted by atomic mass is 35.5. The molecule has 3 atom stereocenters. The van der Waals surface area contributed by atoms with Crippen molar-refractivity contribution in [2.75, 3.05) is 46.0 Å². The van der Waals surface area contributed by atoms with Gasteiger partial charge in [0.15, 0.2) is 0 Å². The van der Waals surface area contributed by atoms with E-state index >= 15 is 0 Å². The number of hydrogen-bond donors (Lipinski definition) is 7. The van der Waals surface area contributed by atoms with Gasteiger partial charge in [-0.05, 0) is 35.1 Å². The van der Waals surface area contributed by atoms with E-state index in [2.05, 4.69) is 10.6 Å². The number of carbonyl (C=O) groups is 3. The van der Waals surface area contributed by atoms with Crippen molar-refractivity contribution in [2.24, 2.45) is 5.92 Å². The van der Waals surface area contributed by atoms with Crippen molar-refractivity contribution in [2.45, 2.75) is 31.7 Å². The fraction of sp³-hybridized carbons (Fsp3) is 0.591. The first kappa shape index (κ1) is 38.2. The van der Waals surface area contributed by atoms with Gasteiger partial charge in [0, 0.05) is 37.2 Å². The van der Waals surface area contributed by atoms with E-state index < -0.39 is 45.0 Å². The van der Waals surface area contributed by atoms with Crippen LogP contribution in [0.4, 0.5) is 4.79 Å². The average molecular weight is 675 g/mol. The number of nitrogens with one attached hydrogen (secondary N) is 3. The Kier molecular flexibility index (Phi) is 17.7. The molecule has 235 valence electrons. The number of carbonyl (C=O) groups excluding carboxylic acids is 3. The van der Waals surface area contributed by atoms with Crippen LogP contribution in [0.15, 0.2) is 18.2 Å². The van der Waals surface area contributed by atoms with Crippen molar-refractivity contribution in [1.29, 1.82) is 0 Å². The Bertz CT molecular complexity index is 1120.